The molecule has 0 aromatic heterocycles. The number of Topliss-reactive ketones (excluding diaryl/α,β-unsaturated/α-hetero) is 1. The van der Waals surface area contributed by atoms with Crippen LogP contribution in [0.25, 0.3) is 5.76 Å². The highest BCUT2D eigenvalue weighted by Gasteiger charge is 2.46. The predicted octanol–water partition coefficient (Wildman–Crippen LogP) is 3.47. The number of nitrogens with zero attached hydrogens (tertiary/aromatic N) is 2. The summed E-state index contributed by atoms with van der Waals surface area (Å²) < 4.78 is 5.28. The first kappa shape index (κ1) is 23.3. The zero-order valence-corrected chi connectivity index (χ0v) is 19.0. The lowest BCUT2D eigenvalue weighted by Crippen LogP contribution is -2.38. The van der Waals surface area contributed by atoms with Gasteiger partial charge in [0.2, 0.25) is 0 Å². The monoisotopic (exact) mass is 438 g/mol. The van der Waals surface area contributed by atoms with E-state index >= 15 is 0 Å². The maximum atomic E-state index is 13.1. The Hall–Kier alpha value is -3.32. The standard InChI is InChI=1S/C25H30N2O5/c1-5-26(6-2)13-14-27-22(17-7-10-19(28)11-8-17)21(24(30)25(27)31)23(29)18-9-12-20(32-4)16(3)15-18/h7-12,15,22,28-29H,5-6,13-14H2,1-4H3/b23-21+. The fourth-order valence-electron chi connectivity index (χ4n) is 4.08. The van der Waals surface area contributed by atoms with Gasteiger partial charge in [-0.3, -0.25) is 9.59 Å². The van der Waals surface area contributed by atoms with Gasteiger partial charge in [-0.25, -0.2) is 0 Å². The van der Waals surface area contributed by atoms with Crippen molar-refractivity contribution in [1.29, 1.82) is 0 Å². The molecule has 0 aliphatic carbocycles. The first-order valence-corrected chi connectivity index (χ1v) is 10.8. The molecule has 1 saturated heterocycles. The molecule has 0 spiro atoms. The number of benzene rings is 2. The minimum atomic E-state index is -0.742. The molecule has 1 amide bonds. The molecule has 1 fully saturated rings. The van der Waals surface area contributed by atoms with E-state index in [2.05, 4.69) is 4.90 Å². The van der Waals surface area contributed by atoms with Gasteiger partial charge < -0.3 is 24.7 Å². The van der Waals surface area contributed by atoms with Crippen molar-refractivity contribution in [2.45, 2.75) is 26.8 Å². The summed E-state index contributed by atoms with van der Waals surface area (Å²) in [6.45, 7) is 8.54. The van der Waals surface area contributed by atoms with Gasteiger partial charge >= 0.3 is 0 Å². The van der Waals surface area contributed by atoms with E-state index in [1.54, 1.807) is 37.4 Å². The summed E-state index contributed by atoms with van der Waals surface area (Å²) in [7, 11) is 1.56. The summed E-state index contributed by atoms with van der Waals surface area (Å²) in [6.07, 6.45) is 0. The normalized spacial score (nSPS) is 17.9. The maximum Gasteiger partial charge on any atom is 0.295 e. The molecule has 0 saturated carbocycles. The SMILES string of the molecule is CCN(CC)CCN1C(=O)C(=O)/C(=C(/O)c2ccc(OC)c(C)c2)C1c1ccc(O)cc1. The van der Waals surface area contributed by atoms with Crippen LogP contribution in [0.2, 0.25) is 0 Å². The fourth-order valence-corrected chi connectivity index (χ4v) is 4.08. The third-order valence-corrected chi connectivity index (χ3v) is 5.97. The average Bonchev–Trinajstić information content (AvgIpc) is 3.04. The minimum absolute atomic E-state index is 0.0461. The van der Waals surface area contributed by atoms with Gasteiger partial charge in [0, 0.05) is 18.7 Å². The molecule has 170 valence electrons. The molecule has 1 heterocycles. The summed E-state index contributed by atoms with van der Waals surface area (Å²) in [4.78, 5) is 29.8. The van der Waals surface area contributed by atoms with Gasteiger partial charge in [0.25, 0.3) is 11.7 Å². The van der Waals surface area contributed by atoms with Crippen molar-refractivity contribution in [3.05, 3.63) is 64.7 Å². The van der Waals surface area contributed by atoms with Crippen LogP contribution in [0.5, 0.6) is 11.5 Å². The Bertz CT molecular complexity index is 1030. The average molecular weight is 439 g/mol. The lowest BCUT2D eigenvalue weighted by atomic mass is 9.94. The van der Waals surface area contributed by atoms with E-state index in [1.165, 1.54) is 17.0 Å². The zero-order valence-electron chi connectivity index (χ0n) is 19.0. The highest BCUT2D eigenvalue weighted by Crippen LogP contribution is 2.40. The first-order valence-electron chi connectivity index (χ1n) is 10.8. The van der Waals surface area contributed by atoms with Crippen LogP contribution < -0.4 is 4.74 Å². The van der Waals surface area contributed by atoms with Crippen molar-refractivity contribution in [2.75, 3.05) is 33.3 Å². The van der Waals surface area contributed by atoms with Crippen LogP contribution in [0.3, 0.4) is 0 Å². The highest BCUT2D eigenvalue weighted by atomic mass is 16.5. The molecule has 3 rings (SSSR count). The lowest BCUT2D eigenvalue weighted by Gasteiger charge is -2.28. The number of ether oxygens (including phenoxy) is 1. The van der Waals surface area contributed by atoms with Gasteiger partial charge in [0.05, 0.1) is 18.7 Å². The molecule has 1 aliphatic heterocycles. The van der Waals surface area contributed by atoms with Crippen molar-refractivity contribution in [2.24, 2.45) is 0 Å². The summed E-state index contributed by atoms with van der Waals surface area (Å²) in [5.41, 5.74) is 1.93. The van der Waals surface area contributed by atoms with Crippen LogP contribution >= 0.6 is 0 Å². The molecule has 0 radical (unpaired) electrons. The van der Waals surface area contributed by atoms with Crippen LogP contribution in [-0.4, -0.2) is 65.0 Å². The molecule has 7 heteroatoms. The maximum absolute atomic E-state index is 13.1. The number of phenolic OH excluding ortho intramolecular Hbond substituents is 1. The summed E-state index contributed by atoms with van der Waals surface area (Å²) in [6, 6.07) is 10.7. The number of hydrogen-bond donors (Lipinski definition) is 2. The van der Waals surface area contributed by atoms with Gasteiger partial charge in [0.15, 0.2) is 0 Å². The number of likely N-dealkylation sites (tertiary alicyclic amines) is 1. The second-order valence-electron chi connectivity index (χ2n) is 7.80. The number of aryl methyl sites for hydroxylation is 1. The van der Waals surface area contributed by atoms with Crippen molar-refractivity contribution in [1.82, 2.24) is 9.80 Å². The van der Waals surface area contributed by atoms with Crippen LogP contribution in [0.4, 0.5) is 0 Å². The Morgan fingerprint density at radius 2 is 1.75 bits per heavy atom. The number of carbonyl (C=O) groups is 2. The quantitative estimate of drug-likeness (QED) is 0.373. The van der Waals surface area contributed by atoms with Crippen molar-refractivity contribution < 1.29 is 24.5 Å². The van der Waals surface area contributed by atoms with E-state index in [0.29, 0.717) is 30.0 Å². The molecule has 0 bridgehead atoms. The Kier molecular flexibility index (Phi) is 7.20. The van der Waals surface area contributed by atoms with Crippen molar-refractivity contribution in [3.8, 4) is 11.5 Å². The number of aromatic hydroxyl groups is 1. The molecular formula is C25H30N2O5. The molecule has 1 unspecified atom stereocenters. The molecule has 2 aromatic rings. The van der Waals surface area contributed by atoms with E-state index in [9.17, 15) is 19.8 Å². The number of aliphatic hydroxyl groups excluding tert-OH is 1. The van der Waals surface area contributed by atoms with E-state index in [1.807, 2.05) is 20.8 Å². The van der Waals surface area contributed by atoms with Gasteiger partial charge in [-0.2, -0.15) is 0 Å². The predicted molar refractivity (Wildman–Crippen MR) is 123 cm³/mol. The van der Waals surface area contributed by atoms with Crippen LogP contribution in [0, 0.1) is 6.92 Å². The molecule has 2 N–H and O–H groups in total. The Labute approximate surface area is 188 Å². The third-order valence-electron chi connectivity index (χ3n) is 5.97. The van der Waals surface area contributed by atoms with Crippen LogP contribution in [-0.2, 0) is 9.59 Å². The number of carbonyl (C=O) groups excluding carboxylic acids is 2. The van der Waals surface area contributed by atoms with Gasteiger partial charge in [-0.1, -0.05) is 26.0 Å². The van der Waals surface area contributed by atoms with Crippen LogP contribution in [0.15, 0.2) is 48.0 Å². The summed E-state index contributed by atoms with van der Waals surface area (Å²) in [5.74, 6) is -0.830. The topological polar surface area (TPSA) is 90.3 Å². The van der Waals surface area contributed by atoms with Crippen molar-refractivity contribution in [3.63, 3.8) is 0 Å². The zero-order chi connectivity index (χ0) is 23.4. The Balaban J connectivity index is 2.10. The van der Waals surface area contributed by atoms with E-state index in [-0.39, 0.29) is 17.1 Å². The number of ketones is 1. The van der Waals surface area contributed by atoms with E-state index < -0.39 is 17.7 Å². The van der Waals surface area contributed by atoms with Gasteiger partial charge in [-0.15, -0.1) is 0 Å². The number of methoxy groups -OCH3 is 1. The highest BCUT2D eigenvalue weighted by molar-refractivity contribution is 6.46. The van der Waals surface area contributed by atoms with Gasteiger partial charge in [-0.05, 0) is 61.5 Å². The Morgan fingerprint density at radius 1 is 1.09 bits per heavy atom. The molecule has 1 atom stereocenters. The smallest absolute Gasteiger partial charge is 0.295 e. The second-order valence-corrected chi connectivity index (χ2v) is 7.80. The third kappa shape index (κ3) is 4.48. The number of phenols is 1. The minimum Gasteiger partial charge on any atom is -0.508 e. The number of rotatable bonds is 8. The largest absolute Gasteiger partial charge is 0.508 e. The number of amides is 1. The number of hydrogen-bond acceptors (Lipinski definition) is 6. The van der Waals surface area contributed by atoms with Gasteiger partial charge in [0.1, 0.15) is 17.3 Å². The number of likely N-dealkylation sites (N-methyl/N-ethyl adjacent to an activating group) is 1. The van der Waals surface area contributed by atoms with Crippen LogP contribution in [0.1, 0.15) is 36.6 Å². The molecule has 1 aliphatic rings. The molecule has 7 nitrogen and oxygen atoms in total. The van der Waals surface area contributed by atoms with E-state index in [0.717, 1.165) is 18.7 Å². The van der Waals surface area contributed by atoms with E-state index in [4.69, 9.17) is 4.74 Å². The fraction of sp³-hybridized carbons (Fsp3) is 0.360. The molecule has 32 heavy (non-hydrogen) atoms. The Morgan fingerprint density at radius 3 is 2.31 bits per heavy atom. The lowest BCUT2D eigenvalue weighted by molar-refractivity contribution is -0.140. The summed E-state index contributed by atoms with van der Waals surface area (Å²) >= 11 is 0. The second kappa shape index (κ2) is 9.87. The van der Waals surface area contributed by atoms with Crippen molar-refractivity contribution >= 4 is 17.4 Å². The summed E-state index contributed by atoms with van der Waals surface area (Å²) in [5, 5.41) is 20.9. The first-order chi connectivity index (χ1) is 15.3. The molecule has 2 aromatic carbocycles. The number of aliphatic hydroxyl groups is 1. The molecular weight excluding hydrogens is 408 g/mol.